The van der Waals surface area contributed by atoms with Gasteiger partial charge in [0.2, 0.25) is 17.8 Å². The molecule has 41 heavy (non-hydrogen) atoms. The summed E-state index contributed by atoms with van der Waals surface area (Å²) in [5.74, 6) is -1.08. The fourth-order valence-electron chi connectivity index (χ4n) is 4.31. The molecule has 0 saturated carbocycles. The van der Waals surface area contributed by atoms with E-state index in [1.165, 1.54) is 28.6 Å². The Morgan fingerprint density at radius 3 is 2.41 bits per heavy atom. The summed E-state index contributed by atoms with van der Waals surface area (Å²) in [5, 5.41) is 7.64. The van der Waals surface area contributed by atoms with Gasteiger partial charge in [-0.2, -0.15) is 5.10 Å². The van der Waals surface area contributed by atoms with E-state index < -0.39 is 11.7 Å². The first-order valence-electron chi connectivity index (χ1n) is 13.0. The molecule has 0 aliphatic heterocycles. The van der Waals surface area contributed by atoms with Gasteiger partial charge in [-0.15, -0.1) is 0 Å². The lowest BCUT2D eigenvalue weighted by Gasteiger charge is -2.26. The maximum Gasteiger partial charge on any atom is 0.245 e. The Kier molecular flexibility index (Phi) is 8.97. The molecule has 0 bridgehead atoms. The summed E-state index contributed by atoms with van der Waals surface area (Å²) in [6.07, 6.45) is 3.41. The molecule has 0 spiro atoms. The Bertz CT molecular complexity index is 1600. The van der Waals surface area contributed by atoms with Crippen LogP contribution in [0.15, 0.2) is 48.8 Å². The molecule has 2 amide bonds. The van der Waals surface area contributed by atoms with Crippen molar-refractivity contribution in [3.63, 3.8) is 0 Å². The summed E-state index contributed by atoms with van der Waals surface area (Å²) in [7, 11) is 3.70. The van der Waals surface area contributed by atoms with Gasteiger partial charge in [-0.3, -0.25) is 19.1 Å². The van der Waals surface area contributed by atoms with E-state index in [1.807, 2.05) is 26.2 Å². The highest BCUT2D eigenvalue weighted by atomic mass is 35.5. The number of rotatable bonds is 10. The topological polar surface area (TPSA) is 113 Å². The van der Waals surface area contributed by atoms with Crippen LogP contribution in [-0.2, 0) is 22.7 Å². The Hall–Kier alpha value is -4.38. The molecule has 10 nitrogen and oxygen atoms in total. The Labute approximate surface area is 242 Å². The molecule has 2 aromatic carbocycles. The van der Waals surface area contributed by atoms with Crippen LogP contribution in [0.1, 0.15) is 36.8 Å². The Morgan fingerprint density at radius 2 is 1.78 bits per heavy atom. The molecular formula is C29H31ClFN7O3. The molecule has 1 N–H and O–H groups in total. The zero-order chi connectivity index (χ0) is 29.8. The summed E-state index contributed by atoms with van der Waals surface area (Å²) in [6, 6.07) is 9.72. The number of aromatic nitrogens is 4. The fourth-order valence-corrected chi connectivity index (χ4v) is 4.50. The van der Waals surface area contributed by atoms with Gasteiger partial charge in [0.15, 0.2) is 5.78 Å². The number of hydrogen-bond acceptors (Lipinski definition) is 7. The molecule has 0 atom stereocenters. The van der Waals surface area contributed by atoms with E-state index in [2.05, 4.69) is 20.4 Å². The van der Waals surface area contributed by atoms with Crippen molar-refractivity contribution < 1.29 is 18.8 Å². The number of fused-ring (bicyclic) bond motifs is 1. The van der Waals surface area contributed by atoms with Crippen LogP contribution < -0.4 is 10.2 Å². The third kappa shape index (κ3) is 6.68. The molecule has 2 aromatic heterocycles. The zero-order valence-corrected chi connectivity index (χ0v) is 24.2. The summed E-state index contributed by atoms with van der Waals surface area (Å²) < 4.78 is 15.6. The molecule has 0 aliphatic rings. The van der Waals surface area contributed by atoms with Crippen LogP contribution >= 0.6 is 11.6 Å². The number of ketones is 1. The highest BCUT2D eigenvalue weighted by Gasteiger charge is 2.23. The first-order valence-corrected chi connectivity index (χ1v) is 13.3. The average molecular weight is 580 g/mol. The summed E-state index contributed by atoms with van der Waals surface area (Å²) in [6.45, 7) is 4.52. The van der Waals surface area contributed by atoms with E-state index in [4.69, 9.17) is 11.6 Å². The maximum absolute atomic E-state index is 14.2. The molecule has 0 unspecified atom stereocenters. The van der Waals surface area contributed by atoms with Crippen LogP contribution in [0.2, 0.25) is 5.02 Å². The predicted octanol–water partition coefficient (Wildman–Crippen LogP) is 4.11. The van der Waals surface area contributed by atoms with E-state index in [1.54, 1.807) is 43.3 Å². The van der Waals surface area contributed by atoms with Gasteiger partial charge in [-0.1, -0.05) is 29.8 Å². The van der Waals surface area contributed by atoms with Gasteiger partial charge in [0, 0.05) is 62.5 Å². The van der Waals surface area contributed by atoms with Crippen molar-refractivity contribution in [2.75, 3.05) is 25.5 Å². The largest absolute Gasteiger partial charge is 0.350 e. The van der Waals surface area contributed by atoms with Crippen LogP contribution in [0.3, 0.4) is 0 Å². The monoisotopic (exact) mass is 579 g/mol. The summed E-state index contributed by atoms with van der Waals surface area (Å²) >= 11 is 5.81. The second-order valence-electron chi connectivity index (χ2n) is 10.1. The van der Waals surface area contributed by atoms with Crippen LogP contribution in [0.5, 0.6) is 0 Å². The number of amides is 2. The highest BCUT2D eigenvalue weighted by Crippen LogP contribution is 2.27. The number of nitrogens with zero attached hydrogens (tertiary/aromatic N) is 6. The second-order valence-corrected chi connectivity index (χ2v) is 10.5. The molecule has 0 saturated heterocycles. The SMILES string of the molecule is CC(=O)c1nn(CC(=O)N(CC(=O)NCc2cccc(Cl)c2F)C(C)C)c2ccc(-c3cnc(N(C)C)nc3)cc12. The van der Waals surface area contributed by atoms with Gasteiger partial charge >= 0.3 is 0 Å². The van der Waals surface area contributed by atoms with E-state index >= 15 is 0 Å². The summed E-state index contributed by atoms with van der Waals surface area (Å²) in [5.41, 5.74) is 2.64. The van der Waals surface area contributed by atoms with Gasteiger partial charge in [-0.05, 0) is 37.6 Å². The van der Waals surface area contributed by atoms with Gasteiger partial charge < -0.3 is 15.1 Å². The van der Waals surface area contributed by atoms with Crippen molar-refractivity contribution in [2.24, 2.45) is 0 Å². The number of anilines is 1. The molecule has 214 valence electrons. The summed E-state index contributed by atoms with van der Waals surface area (Å²) in [4.78, 5) is 50.4. The van der Waals surface area contributed by atoms with Crippen LogP contribution in [0, 0.1) is 5.82 Å². The lowest BCUT2D eigenvalue weighted by atomic mass is 10.0. The lowest BCUT2D eigenvalue weighted by molar-refractivity contribution is -0.138. The van der Waals surface area contributed by atoms with Crippen molar-refractivity contribution in [1.82, 2.24) is 30.0 Å². The molecule has 0 radical (unpaired) electrons. The number of hydrogen-bond donors (Lipinski definition) is 1. The van der Waals surface area contributed by atoms with Crippen molar-refractivity contribution in [1.29, 1.82) is 0 Å². The van der Waals surface area contributed by atoms with Crippen molar-refractivity contribution in [3.05, 3.63) is 70.9 Å². The smallest absolute Gasteiger partial charge is 0.245 e. The number of benzene rings is 2. The third-order valence-corrected chi connectivity index (χ3v) is 6.80. The standard InChI is InChI=1S/C29H31ClFN7O3/c1-17(2)37(15-25(40)32-12-20-7-6-8-23(30)27(20)31)26(41)16-38-24-10-9-19(11-22(24)28(35-38)18(3)39)21-13-33-29(34-14-21)36(4)5/h6-11,13-14,17H,12,15-16H2,1-5H3,(H,32,40). The zero-order valence-electron chi connectivity index (χ0n) is 23.5. The van der Waals surface area contributed by atoms with Gasteiger partial charge in [0.25, 0.3) is 0 Å². The average Bonchev–Trinajstić information content (AvgIpc) is 3.30. The van der Waals surface area contributed by atoms with Crippen molar-refractivity contribution >= 4 is 46.0 Å². The quantitative estimate of drug-likeness (QED) is 0.281. The molecule has 12 heteroatoms. The van der Waals surface area contributed by atoms with Crippen LogP contribution in [-0.4, -0.2) is 68.9 Å². The van der Waals surface area contributed by atoms with Gasteiger partial charge in [0.1, 0.15) is 18.1 Å². The molecular weight excluding hydrogens is 549 g/mol. The minimum absolute atomic E-state index is 0.0326. The molecule has 4 rings (SSSR count). The Morgan fingerprint density at radius 1 is 1.07 bits per heavy atom. The third-order valence-electron chi connectivity index (χ3n) is 6.51. The lowest BCUT2D eigenvalue weighted by Crippen LogP contribution is -2.45. The van der Waals surface area contributed by atoms with Crippen LogP contribution in [0.25, 0.3) is 22.0 Å². The van der Waals surface area contributed by atoms with Crippen LogP contribution in [0.4, 0.5) is 10.3 Å². The molecule has 0 aliphatic carbocycles. The molecule has 0 fully saturated rings. The second kappa shape index (κ2) is 12.4. The van der Waals surface area contributed by atoms with Gasteiger partial charge in [0.05, 0.1) is 17.1 Å². The predicted molar refractivity (Wildman–Crippen MR) is 155 cm³/mol. The first kappa shape index (κ1) is 29.6. The first-order chi connectivity index (χ1) is 19.5. The van der Waals surface area contributed by atoms with Crippen molar-refractivity contribution in [3.8, 4) is 11.1 Å². The van der Waals surface area contributed by atoms with E-state index in [-0.39, 0.29) is 53.6 Å². The number of Topliss-reactive ketones (excluding diaryl/α,β-unsaturated/α-hetero) is 1. The number of carbonyl (C=O) groups is 3. The number of halogens is 2. The highest BCUT2D eigenvalue weighted by molar-refractivity contribution is 6.30. The fraction of sp³-hybridized carbons (Fsp3) is 0.310. The minimum atomic E-state index is -0.598. The minimum Gasteiger partial charge on any atom is -0.350 e. The maximum atomic E-state index is 14.2. The Balaban J connectivity index is 1.53. The van der Waals surface area contributed by atoms with E-state index in [0.29, 0.717) is 16.9 Å². The van der Waals surface area contributed by atoms with E-state index in [0.717, 1.165) is 11.1 Å². The number of nitrogens with one attached hydrogen (secondary N) is 1. The van der Waals surface area contributed by atoms with Gasteiger partial charge in [-0.25, -0.2) is 14.4 Å². The molecule has 4 aromatic rings. The normalized spacial score (nSPS) is 11.1. The van der Waals surface area contributed by atoms with E-state index in [9.17, 15) is 18.8 Å². The van der Waals surface area contributed by atoms with Crippen molar-refractivity contribution in [2.45, 2.75) is 39.9 Å². The molecule has 2 heterocycles. The number of carbonyl (C=O) groups excluding carboxylic acids is 3.